The summed E-state index contributed by atoms with van der Waals surface area (Å²) in [6.07, 6.45) is 4.85. The van der Waals surface area contributed by atoms with E-state index in [1.54, 1.807) is 12.3 Å². The van der Waals surface area contributed by atoms with Crippen LogP contribution in [0.5, 0.6) is 0 Å². The van der Waals surface area contributed by atoms with E-state index in [2.05, 4.69) is 15.3 Å². The highest BCUT2D eigenvalue weighted by molar-refractivity contribution is 6.31. The van der Waals surface area contributed by atoms with Gasteiger partial charge >= 0.3 is 0 Å². The Kier molecular flexibility index (Phi) is 1.11. The molecule has 1 aliphatic rings. The molecule has 2 rings (SSSR count). The van der Waals surface area contributed by atoms with E-state index in [1.807, 2.05) is 0 Å². The zero-order valence-corrected chi connectivity index (χ0v) is 5.71. The summed E-state index contributed by atoms with van der Waals surface area (Å²) in [5.74, 6) is 0.653. The highest BCUT2D eigenvalue weighted by Crippen LogP contribution is 2.25. The number of hydrogen-bond donors (Lipinski definition) is 0. The van der Waals surface area contributed by atoms with Gasteiger partial charge in [0.1, 0.15) is 11.5 Å². The molecule has 0 amide bonds. The first-order chi connectivity index (χ1) is 4.88. The number of aromatic nitrogens is 2. The maximum absolute atomic E-state index is 5.71. The Morgan fingerprint density at radius 1 is 1.30 bits per heavy atom. The molecule has 3 nitrogen and oxygen atoms in total. The first-order valence-corrected chi connectivity index (χ1v) is 3.13. The summed E-state index contributed by atoms with van der Waals surface area (Å²) in [6.45, 7) is 0. The van der Waals surface area contributed by atoms with E-state index in [0.29, 0.717) is 11.0 Å². The molecule has 0 unspecified atom stereocenters. The van der Waals surface area contributed by atoms with Gasteiger partial charge in [-0.2, -0.15) is 0 Å². The minimum atomic E-state index is 0.461. The van der Waals surface area contributed by atoms with Crippen LogP contribution >= 0.6 is 11.6 Å². The molecule has 0 bridgehead atoms. The van der Waals surface area contributed by atoms with Crippen LogP contribution in [0.25, 0.3) is 6.08 Å². The highest BCUT2D eigenvalue weighted by Gasteiger charge is 2.10. The molecule has 0 spiro atoms. The van der Waals surface area contributed by atoms with Crippen molar-refractivity contribution < 1.29 is 0 Å². The third-order valence-electron chi connectivity index (χ3n) is 1.25. The van der Waals surface area contributed by atoms with Crippen molar-refractivity contribution in [2.45, 2.75) is 0 Å². The van der Waals surface area contributed by atoms with E-state index in [0.717, 1.165) is 5.56 Å². The molecule has 0 N–H and O–H groups in total. The molecule has 1 aromatic rings. The fraction of sp³-hybridized carbons (Fsp3) is 0. The number of hydrogen-bond acceptors (Lipinski definition) is 2. The van der Waals surface area contributed by atoms with E-state index >= 15 is 0 Å². The Morgan fingerprint density at radius 2 is 2.20 bits per heavy atom. The Hall–Kier alpha value is -1.09. The molecular formula is C6H3ClN3. The molecule has 1 radical (unpaired) electrons. The van der Waals surface area contributed by atoms with Crippen LogP contribution in [-0.2, 0) is 0 Å². The zero-order chi connectivity index (χ0) is 6.97. The summed E-state index contributed by atoms with van der Waals surface area (Å²) in [5.41, 5.74) is 0.809. The first kappa shape index (κ1) is 5.68. The Labute approximate surface area is 62.8 Å². The van der Waals surface area contributed by atoms with Crippen LogP contribution in [0.4, 0.5) is 5.82 Å². The Balaban J connectivity index is 2.67. The van der Waals surface area contributed by atoms with Crippen LogP contribution in [0.15, 0.2) is 12.5 Å². The number of fused-ring (bicyclic) bond motifs is 1. The Morgan fingerprint density at radius 3 is 3.00 bits per heavy atom. The standard InChI is InChI=1S/C6H3ClN3/c7-5-4-1-2-8-6(4)10-3-9-5/h1-3H. The normalized spacial score (nSPS) is 12.9. The average Bonchev–Trinajstić information content (AvgIpc) is 2.36. The lowest BCUT2D eigenvalue weighted by Crippen LogP contribution is -1.88. The van der Waals surface area contributed by atoms with Gasteiger partial charge in [-0.3, -0.25) is 0 Å². The molecule has 1 aliphatic heterocycles. The van der Waals surface area contributed by atoms with Crippen molar-refractivity contribution in [3.63, 3.8) is 0 Å². The fourth-order valence-electron chi connectivity index (χ4n) is 0.794. The van der Waals surface area contributed by atoms with Gasteiger partial charge in [0.05, 0.1) is 5.56 Å². The topological polar surface area (TPSA) is 39.9 Å². The van der Waals surface area contributed by atoms with Gasteiger partial charge in [-0.25, -0.2) is 15.3 Å². The van der Waals surface area contributed by atoms with Crippen molar-refractivity contribution in [1.82, 2.24) is 15.3 Å². The van der Waals surface area contributed by atoms with Crippen molar-refractivity contribution in [2.24, 2.45) is 0 Å². The van der Waals surface area contributed by atoms with Gasteiger partial charge < -0.3 is 0 Å². The number of halogens is 1. The molecule has 0 saturated heterocycles. The van der Waals surface area contributed by atoms with E-state index in [4.69, 9.17) is 11.6 Å². The quantitative estimate of drug-likeness (QED) is 0.527. The first-order valence-electron chi connectivity index (χ1n) is 2.76. The lowest BCUT2D eigenvalue weighted by atomic mass is 10.3. The van der Waals surface area contributed by atoms with E-state index < -0.39 is 0 Å². The van der Waals surface area contributed by atoms with Gasteiger partial charge in [0, 0.05) is 6.20 Å². The third kappa shape index (κ3) is 0.675. The van der Waals surface area contributed by atoms with E-state index in [-0.39, 0.29) is 0 Å². The lowest BCUT2D eigenvalue weighted by Gasteiger charge is -1.94. The molecule has 10 heavy (non-hydrogen) atoms. The minimum absolute atomic E-state index is 0.461. The van der Waals surface area contributed by atoms with Crippen LogP contribution in [-0.4, -0.2) is 9.97 Å². The average molecular weight is 153 g/mol. The van der Waals surface area contributed by atoms with Gasteiger partial charge in [0.25, 0.3) is 0 Å². The molecular weight excluding hydrogens is 150 g/mol. The monoisotopic (exact) mass is 152 g/mol. The summed E-state index contributed by atoms with van der Waals surface area (Å²) < 4.78 is 0. The van der Waals surface area contributed by atoms with Gasteiger partial charge in [0.2, 0.25) is 0 Å². The predicted octanol–water partition coefficient (Wildman–Crippen LogP) is 1.35. The van der Waals surface area contributed by atoms with E-state index in [1.165, 1.54) is 6.33 Å². The third-order valence-corrected chi connectivity index (χ3v) is 1.55. The highest BCUT2D eigenvalue weighted by atomic mass is 35.5. The summed E-state index contributed by atoms with van der Waals surface area (Å²) in [5, 5.41) is 4.40. The van der Waals surface area contributed by atoms with Gasteiger partial charge in [-0.05, 0) is 6.08 Å². The molecule has 0 atom stereocenters. The SMILES string of the molecule is Clc1ncnc2c1C=C[N]2. The van der Waals surface area contributed by atoms with Crippen LogP contribution in [0.1, 0.15) is 5.56 Å². The molecule has 2 heterocycles. The molecule has 0 aliphatic carbocycles. The predicted molar refractivity (Wildman–Crippen MR) is 37.9 cm³/mol. The smallest absolute Gasteiger partial charge is 0.164 e. The van der Waals surface area contributed by atoms with Gasteiger partial charge in [-0.15, -0.1) is 0 Å². The van der Waals surface area contributed by atoms with Gasteiger partial charge in [-0.1, -0.05) is 11.6 Å². The number of rotatable bonds is 0. The maximum atomic E-state index is 5.71. The van der Waals surface area contributed by atoms with Crippen molar-refractivity contribution in [3.8, 4) is 0 Å². The van der Waals surface area contributed by atoms with E-state index in [9.17, 15) is 0 Å². The molecule has 0 saturated carbocycles. The van der Waals surface area contributed by atoms with Crippen molar-refractivity contribution in [3.05, 3.63) is 23.2 Å². The molecule has 0 aromatic carbocycles. The minimum Gasteiger partial charge on any atom is -0.236 e. The summed E-state index contributed by atoms with van der Waals surface area (Å²) in [6, 6.07) is 0. The second-order valence-electron chi connectivity index (χ2n) is 1.85. The molecule has 49 valence electrons. The maximum Gasteiger partial charge on any atom is 0.164 e. The molecule has 1 aromatic heterocycles. The van der Waals surface area contributed by atoms with Crippen LogP contribution in [0, 0.1) is 0 Å². The van der Waals surface area contributed by atoms with Crippen molar-refractivity contribution in [1.29, 1.82) is 0 Å². The summed E-state index contributed by atoms with van der Waals surface area (Å²) in [4.78, 5) is 7.69. The zero-order valence-electron chi connectivity index (χ0n) is 4.95. The summed E-state index contributed by atoms with van der Waals surface area (Å²) in [7, 11) is 0. The van der Waals surface area contributed by atoms with Gasteiger partial charge in [0.15, 0.2) is 5.82 Å². The fourth-order valence-corrected chi connectivity index (χ4v) is 0.985. The Bertz CT molecular complexity index is 295. The summed E-state index contributed by atoms with van der Waals surface area (Å²) >= 11 is 5.71. The molecule has 0 fully saturated rings. The lowest BCUT2D eigenvalue weighted by molar-refractivity contribution is 1.07. The van der Waals surface area contributed by atoms with Crippen molar-refractivity contribution in [2.75, 3.05) is 0 Å². The van der Waals surface area contributed by atoms with Crippen LogP contribution in [0.2, 0.25) is 5.15 Å². The largest absolute Gasteiger partial charge is 0.236 e. The van der Waals surface area contributed by atoms with Crippen LogP contribution in [0.3, 0.4) is 0 Å². The van der Waals surface area contributed by atoms with Crippen LogP contribution < -0.4 is 5.32 Å². The second kappa shape index (κ2) is 1.95. The van der Waals surface area contributed by atoms with Crippen molar-refractivity contribution >= 4 is 23.5 Å². The molecule has 4 heteroatoms. The number of nitrogens with zero attached hydrogens (tertiary/aromatic N) is 3. The second-order valence-corrected chi connectivity index (χ2v) is 2.20.